The zero-order valence-corrected chi connectivity index (χ0v) is 20.4. The first-order chi connectivity index (χ1) is 16.2. The van der Waals surface area contributed by atoms with E-state index in [-0.39, 0.29) is 17.1 Å². The number of carbonyl (C=O) groups is 1. The number of rotatable bonds is 5. The molecule has 2 aromatic rings. The smallest absolute Gasteiger partial charge is 0.226 e. The van der Waals surface area contributed by atoms with Crippen molar-refractivity contribution in [1.82, 2.24) is 14.9 Å². The van der Waals surface area contributed by atoms with Gasteiger partial charge in [0.2, 0.25) is 5.91 Å². The second kappa shape index (κ2) is 7.84. The van der Waals surface area contributed by atoms with Crippen molar-refractivity contribution in [1.29, 1.82) is 0 Å². The Morgan fingerprint density at radius 3 is 2.62 bits per heavy atom. The monoisotopic (exact) mass is 462 g/mol. The van der Waals surface area contributed by atoms with Gasteiger partial charge in [0.05, 0.1) is 5.69 Å². The Bertz CT molecular complexity index is 1120. The molecule has 4 bridgehead atoms. The van der Waals surface area contributed by atoms with Crippen LogP contribution in [0.2, 0.25) is 0 Å². The first kappa shape index (κ1) is 22.1. The van der Waals surface area contributed by atoms with Crippen LogP contribution in [0.25, 0.3) is 0 Å². The van der Waals surface area contributed by atoms with E-state index in [1.54, 1.807) is 12.4 Å². The lowest BCUT2D eigenvalue weighted by molar-refractivity contribution is -0.153. The van der Waals surface area contributed by atoms with E-state index >= 15 is 0 Å². The summed E-state index contributed by atoms with van der Waals surface area (Å²) in [6.07, 6.45) is 10.5. The van der Waals surface area contributed by atoms with Crippen molar-refractivity contribution in [3.63, 3.8) is 0 Å². The summed E-state index contributed by atoms with van der Waals surface area (Å²) in [7, 11) is 0. The Kier molecular flexibility index (Phi) is 5.11. The summed E-state index contributed by atoms with van der Waals surface area (Å²) in [6, 6.07) is 6.93. The molecule has 2 atom stereocenters. The van der Waals surface area contributed by atoms with Crippen molar-refractivity contribution in [2.24, 2.45) is 22.2 Å². The summed E-state index contributed by atoms with van der Waals surface area (Å²) in [5, 5.41) is 3.18. The molecule has 7 rings (SSSR count). The Labute approximate surface area is 201 Å². The molecular weight excluding hydrogens is 427 g/mol. The van der Waals surface area contributed by atoms with Crippen LogP contribution in [0.4, 0.5) is 10.2 Å². The number of nitrogens with one attached hydrogen (secondary N) is 1. The summed E-state index contributed by atoms with van der Waals surface area (Å²) in [5.41, 5.74) is 3.63. The van der Waals surface area contributed by atoms with E-state index in [1.807, 2.05) is 12.1 Å². The maximum Gasteiger partial charge on any atom is 0.226 e. The van der Waals surface area contributed by atoms with Crippen molar-refractivity contribution in [3.05, 3.63) is 53.2 Å². The SMILES string of the molecule is CC12CC3CC(C)(C1)CC(CC(=O)Nc1ncnc4c1CCN(Cc1ccccc1F)C4)(C3)C2. The average molecular weight is 463 g/mol. The standard InChI is InChI=1S/C28H35FN4O/c1-26-9-19-10-27(2,15-26)17-28(11-19,16-26)12-24(34)32-25-21-7-8-33(14-23(21)30-18-31-25)13-20-5-3-4-6-22(20)29/h3-6,18-19H,7-17H2,1-2H3,(H,30,31,32,34). The molecule has 0 radical (unpaired) electrons. The highest BCUT2D eigenvalue weighted by Crippen LogP contribution is 2.70. The fourth-order valence-electron chi connectivity index (χ4n) is 8.92. The van der Waals surface area contributed by atoms with Crippen LogP contribution in [0.3, 0.4) is 0 Å². The zero-order chi connectivity index (χ0) is 23.6. The number of aromatic nitrogens is 2. The van der Waals surface area contributed by atoms with Gasteiger partial charge in [0, 0.05) is 37.2 Å². The molecule has 180 valence electrons. The van der Waals surface area contributed by atoms with Crippen LogP contribution in [-0.2, 0) is 24.3 Å². The van der Waals surface area contributed by atoms with Gasteiger partial charge in [0.1, 0.15) is 18.0 Å². The fourth-order valence-corrected chi connectivity index (χ4v) is 8.92. The highest BCUT2D eigenvalue weighted by Gasteiger charge is 2.60. The highest BCUT2D eigenvalue weighted by molar-refractivity contribution is 5.91. The average Bonchev–Trinajstić information content (AvgIpc) is 2.72. The summed E-state index contributed by atoms with van der Waals surface area (Å²) >= 11 is 0. The van der Waals surface area contributed by atoms with Gasteiger partial charge in [-0.15, -0.1) is 0 Å². The molecule has 4 fully saturated rings. The minimum absolute atomic E-state index is 0.101. The number of amides is 1. The first-order valence-electron chi connectivity index (χ1n) is 12.8. The number of halogens is 1. The van der Waals surface area contributed by atoms with Crippen molar-refractivity contribution in [2.75, 3.05) is 11.9 Å². The van der Waals surface area contributed by atoms with Crippen molar-refractivity contribution in [2.45, 2.75) is 78.3 Å². The molecular formula is C28H35FN4O. The van der Waals surface area contributed by atoms with Crippen LogP contribution in [-0.4, -0.2) is 27.3 Å². The molecule has 1 aliphatic heterocycles. The van der Waals surface area contributed by atoms with Crippen LogP contribution >= 0.6 is 0 Å². The second-order valence-electron chi connectivity index (χ2n) is 12.6. The quantitative estimate of drug-likeness (QED) is 0.638. The molecule has 34 heavy (non-hydrogen) atoms. The molecule has 0 saturated heterocycles. The summed E-state index contributed by atoms with van der Waals surface area (Å²) in [4.78, 5) is 24.5. The van der Waals surface area contributed by atoms with E-state index in [9.17, 15) is 9.18 Å². The number of anilines is 1. The van der Waals surface area contributed by atoms with Crippen LogP contribution in [0.15, 0.2) is 30.6 Å². The molecule has 1 N–H and O–H groups in total. The molecule has 1 amide bonds. The van der Waals surface area contributed by atoms with Crippen molar-refractivity contribution in [3.8, 4) is 0 Å². The Morgan fingerprint density at radius 2 is 1.88 bits per heavy atom. The third-order valence-corrected chi connectivity index (χ3v) is 8.97. The predicted octanol–water partition coefficient (Wildman–Crippen LogP) is 5.50. The highest BCUT2D eigenvalue weighted by atomic mass is 19.1. The van der Waals surface area contributed by atoms with Gasteiger partial charge in [-0.25, -0.2) is 14.4 Å². The van der Waals surface area contributed by atoms with Gasteiger partial charge in [-0.1, -0.05) is 32.0 Å². The molecule has 2 heterocycles. The fraction of sp³-hybridized carbons (Fsp3) is 0.607. The minimum Gasteiger partial charge on any atom is -0.310 e. The van der Waals surface area contributed by atoms with Crippen molar-refractivity contribution >= 4 is 11.7 Å². The maximum absolute atomic E-state index is 14.1. The molecule has 1 aromatic carbocycles. The van der Waals surface area contributed by atoms with Crippen LogP contribution in [0.1, 0.15) is 75.6 Å². The Hall–Kier alpha value is -2.34. The third-order valence-electron chi connectivity index (χ3n) is 8.97. The van der Waals surface area contributed by atoms with Gasteiger partial charge in [-0.3, -0.25) is 9.69 Å². The number of nitrogens with zero attached hydrogens (tertiary/aromatic N) is 3. The summed E-state index contributed by atoms with van der Waals surface area (Å²) in [5.74, 6) is 1.38. The topological polar surface area (TPSA) is 58.1 Å². The zero-order valence-electron chi connectivity index (χ0n) is 20.4. The number of fused-ring (bicyclic) bond motifs is 1. The van der Waals surface area contributed by atoms with Crippen LogP contribution in [0.5, 0.6) is 0 Å². The second-order valence-corrected chi connectivity index (χ2v) is 12.6. The predicted molar refractivity (Wildman–Crippen MR) is 129 cm³/mol. The molecule has 0 spiro atoms. The van der Waals surface area contributed by atoms with Crippen LogP contribution in [0, 0.1) is 28.0 Å². The Morgan fingerprint density at radius 1 is 1.12 bits per heavy atom. The minimum atomic E-state index is -0.170. The first-order valence-corrected chi connectivity index (χ1v) is 12.8. The molecule has 4 saturated carbocycles. The van der Waals surface area contributed by atoms with E-state index in [4.69, 9.17) is 0 Å². The van der Waals surface area contributed by atoms with E-state index < -0.39 is 0 Å². The van der Waals surface area contributed by atoms with E-state index in [0.717, 1.165) is 30.1 Å². The summed E-state index contributed by atoms with van der Waals surface area (Å²) < 4.78 is 14.1. The van der Waals surface area contributed by atoms with Gasteiger partial charge < -0.3 is 5.32 Å². The van der Waals surface area contributed by atoms with Gasteiger partial charge in [-0.05, 0) is 73.2 Å². The molecule has 1 aromatic heterocycles. The lowest BCUT2D eigenvalue weighted by atomic mass is 9.40. The normalized spacial score (nSPS) is 34.1. The van der Waals surface area contributed by atoms with Crippen LogP contribution < -0.4 is 5.32 Å². The number of carbonyl (C=O) groups excluding carboxylic acids is 1. The number of hydrogen-bond acceptors (Lipinski definition) is 4. The lowest BCUT2D eigenvalue weighted by Crippen LogP contribution is -2.55. The van der Waals surface area contributed by atoms with E-state index in [0.29, 0.717) is 41.7 Å². The third kappa shape index (κ3) is 4.04. The molecule has 5 nitrogen and oxygen atoms in total. The van der Waals surface area contributed by atoms with Crippen molar-refractivity contribution < 1.29 is 9.18 Å². The van der Waals surface area contributed by atoms with Gasteiger partial charge in [-0.2, -0.15) is 0 Å². The number of benzene rings is 1. The number of hydrogen-bond donors (Lipinski definition) is 1. The molecule has 2 unspecified atom stereocenters. The van der Waals surface area contributed by atoms with Gasteiger partial charge in [0.15, 0.2) is 0 Å². The molecule has 6 heteroatoms. The summed E-state index contributed by atoms with van der Waals surface area (Å²) in [6.45, 7) is 6.89. The molecule has 4 aliphatic carbocycles. The van der Waals surface area contributed by atoms with Gasteiger partial charge in [0.25, 0.3) is 0 Å². The largest absolute Gasteiger partial charge is 0.310 e. The maximum atomic E-state index is 14.1. The lowest BCUT2D eigenvalue weighted by Gasteiger charge is -2.65. The Balaban J connectivity index is 1.15. The van der Waals surface area contributed by atoms with E-state index in [2.05, 4.69) is 34.0 Å². The van der Waals surface area contributed by atoms with E-state index in [1.165, 1.54) is 44.6 Å². The van der Waals surface area contributed by atoms with Gasteiger partial charge >= 0.3 is 0 Å². The molecule has 5 aliphatic rings.